The SMILES string of the molecule is CCNC(=NCc1ccccc1OCC1CC1)NCCCOCC1CC1.I. The van der Waals surface area contributed by atoms with Gasteiger partial charge >= 0.3 is 0 Å². The third kappa shape index (κ3) is 9.14. The Labute approximate surface area is 180 Å². The van der Waals surface area contributed by atoms with E-state index in [9.17, 15) is 0 Å². The Hall–Kier alpha value is -1.02. The van der Waals surface area contributed by atoms with Gasteiger partial charge in [0, 0.05) is 31.9 Å². The van der Waals surface area contributed by atoms with Crippen molar-refractivity contribution in [1.82, 2.24) is 10.6 Å². The largest absolute Gasteiger partial charge is 0.493 e. The molecule has 2 fully saturated rings. The van der Waals surface area contributed by atoms with E-state index in [0.717, 1.165) is 68.4 Å². The van der Waals surface area contributed by atoms with Crippen molar-refractivity contribution in [2.24, 2.45) is 16.8 Å². The Balaban J connectivity index is 0.00000261. The van der Waals surface area contributed by atoms with E-state index in [4.69, 9.17) is 14.5 Å². The molecule has 27 heavy (non-hydrogen) atoms. The van der Waals surface area contributed by atoms with E-state index in [2.05, 4.69) is 23.6 Å². The van der Waals surface area contributed by atoms with Crippen molar-refractivity contribution in [1.29, 1.82) is 0 Å². The van der Waals surface area contributed by atoms with Gasteiger partial charge in [0.05, 0.1) is 13.2 Å². The summed E-state index contributed by atoms with van der Waals surface area (Å²) in [6.45, 7) is 7.02. The normalized spacial score (nSPS) is 16.6. The van der Waals surface area contributed by atoms with E-state index in [0.29, 0.717) is 6.54 Å². The lowest BCUT2D eigenvalue weighted by Crippen LogP contribution is -2.38. The average molecular weight is 487 g/mol. The number of hydrogen-bond donors (Lipinski definition) is 2. The van der Waals surface area contributed by atoms with E-state index < -0.39 is 0 Å². The number of benzene rings is 1. The summed E-state index contributed by atoms with van der Waals surface area (Å²) in [6.07, 6.45) is 6.30. The first-order chi connectivity index (χ1) is 12.8. The van der Waals surface area contributed by atoms with Gasteiger partial charge < -0.3 is 20.1 Å². The highest BCUT2D eigenvalue weighted by Gasteiger charge is 2.22. The zero-order chi connectivity index (χ0) is 18.0. The number of halogens is 1. The van der Waals surface area contributed by atoms with Gasteiger partial charge in [0.2, 0.25) is 0 Å². The second-order valence-electron chi connectivity index (χ2n) is 7.36. The first kappa shape index (κ1) is 22.3. The molecule has 0 amide bonds. The molecule has 2 N–H and O–H groups in total. The van der Waals surface area contributed by atoms with E-state index in [1.807, 2.05) is 18.2 Å². The highest BCUT2D eigenvalue weighted by Crippen LogP contribution is 2.30. The molecule has 3 rings (SSSR count). The van der Waals surface area contributed by atoms with Gasteiger partial charge in [-0.25, -0.2) is 4.99 Å². The van der Waals surface area contributed by atoms with Crippen LogP contribution in [0.2, 0.25) is 0 Å². The van der Waals surface area contributed by atoms with Gasteiger partial charge in [-0.1, -0.05) is 18.2 Å². The summed E-state index contributed by atoms with van der Waals surface area (Å²) in [7, 11) is 0. The van der Waals surface area contributed by atoms with Crippen molar-refractivity contribution in [3.63, 3.8) is 0 Å². The third-order valence-corrected chi connectivity index (χ3v) is 4.70. The minimum absolute atomic E-state index is 0. The van der Waals surface area contributed by atoms with Crippen LogP contribution in [0.3, 0.4) is 0 Å². The molecule has 0 bridgehead atoms. The molecule has 0 aliphatic heterocycles. The van der Waals surface area contributed by atoms with E-state index in [1.165, 1.54) is 25.7 Å². The fourth-order valence-electron chi connectivity index (χ4n) is 2.69. The molecule has 6 heteroatoms. The van der Waals surface area contributed by atoms with Gasteiger partial charge in [-0.2, -0.15) is 0 Å². The number of aliphatic imine (C=N–C) groups is 1. The molecular weight excluding hydrogens is 453 g/mol. The number of hydrogen-bond acceptors (Lipinski definition) is 3. The van der Waals surface area contributed by atoms with Crippen molar-refractivity contribution < 1.29 is 9.47 Å². The van der Waals surface area contributed by atoms with Crippen LogP contribution < -0.4 is 15.4 Å². The second kappa shape index (κ2) is 12.4. The van der Waals surface area contributed by atoms with Crippen LogP contribution in [0.5, 0.6) is 5.75 Å². The second-order valence-corrected chi connectivity index (χ2v) is 7.36. The van der Waals surface area contributed by atoms with Crippen LogP contribution in [0, 0.1) is 11.8 Å². The fraction of sp³-hybridized carbons (Fsp3) is 0.667. The Bertz CT molecular complexity index is 574. The lowest BCUT2D eigenvalue weighted by Gasteiger charge is -2.13. The van der Waals surface area contributed by atoms with Crippen LogP contribution in [0.25, 0.3) is 0 Å². The van der Waals surface area contributed by atoms with Crippen LogP contribution in [0.4, 0.5) is 0 Å². The summed E-state index contributed by atoms with van der Waals surface area (Å²) in [5.74, 6) is 3.41. The van der Waals surface area contributed by atoms with E-state index in [-0.39, 0.29) is 24.0 Å². The van der Waals surface area contributed by atoms with Gasteiger partial charge in [-0.05, 0) is 56.9 Å². The molecule has 0 saturated heterocycles. The molecule has 0 spiro atoms. The van der Waals surface area contributed by atoms with Crippen LogP contribution in [-0.4, -0.2) is 38.9 Å². The average Bonchev–Trinajstić information content (AvgIpc) is 3.55. The molecular formula is C21H34IN3O2. The molecule has 152 valence electrons. The number of guanidine groups is 1. The summed E-state index contributed by atoms with van der Waals surface area (Å²) < 4.78 is 11.7. The molecule has 2 aliphatic rings. The maximum absolute atomic E-state index is 5.98. The number of rotatable bonds is 12. The van der Waals surface area contributed by atoms with Gasteiger partial charge in [0.15, 0.2) is 5.96 Å². The summed E-state index contributed by atoms with van der Waals surface area (Å²) in [6, 6.07) is 8.22. The molecule has 2 saturated carbocycles. The molecule has 5 nitrogen and oxygen atoms in total. The maximum atomic E-state index is 5.98. The summed E-state index contributed by atoms with van der Waals surface area (Å²) >= 11 is 0. The number of para-hydroxylation sites is 1. The summed E-state index contributed by atoms with van der Waals surface area (Å²) in [4.78, 5) is 4.72. The van der Waals surface area contributed by atoms with Crippen LogP contribution >= 0.6 is 24.0 Å². The first-order valence-corrected chi connectivity index (χ1v) is 10.2. The molecule has 1 aromatic rings. The molecule has 0 radical (unpaired) electrons. The zero-order valence-corrected chi connectivity index (χ0v) is 18.7. The molecule has 1 aromatic carbocycles. The predicted octanol–water partition coefficient (Wildman–Crippen LogP) is 3.97. The lowest BCUT2D eigenvalue weighted by molar-refractivity contribution is 0.123. The van der Waals surface area contributed by atoms with Crippen molar-refractivity contribution in [2.45, 2.75) is 45.6 Å². The van der Waals surface area contributed by atoms with Crippen LogP contribution in [0.15, 0.2) is 29.3 Å². The van der Waals surface area contributed by atoms with E-state index >= 15 is 0 Å². The third-order valence-electron chi connectivity index (χ3n) is 4.70. The highest BCUT2D eigenvalue weighted by atomic mass is 127. The molecule has 2 aliphatic carbocycles. The van der Waals surface area contributed by atoms with Crippen LogP contribution in [-0.2, 0) is 11.3 Å². The standard InChI is InChI=1S/C21H33N3O2.HI/c1-2-22-21(23-12-5-13-25-15-17-8-9-17)24-14-19-6-3-4-7-20(19)26-16-18-10-11-18;/h3-4,6-7,17-18H,2,5,8-16H2,1H3,(H2,22,23,24);1H. The highest BCUT2D eigenvalue weighted by molar-refractivity contribution is 14.0. The minimum atomic E-state index is 0. The quantitative estimate of drug-likeness (QED) is 0.203. The molecule has 0 atom stereocenters. The monoisotopic (exact) mass is 487 g/mol. The number of ether oxygens (including phenoxy) is 2. The lowest BCUT2D eigenvalue weighted by atomic mass is 10.2. The van der Waals surface area contributed by atoms with Gasteiger partial charge in [-0.15, -0.1) is 24.0 Å². The van der Waals surface area contributed by atoms with Crippen molar-refractivity contribution in [3.05, 3.63) is 29.8 Å². The topological polar surface area (TPSA) is 54.9 Å². The van der Waals surface area contributed by atoms with Crippen molar-refractivity contribution in [3.8, 4) is 5.75 Å². The van der Waals surface area contributed by atoms with Gasteiger partial charge in [-0.3, -0.25) is 0 Å². The summed E-state index contributed by atoms with van der Waals surface area (Å²) in [5, 5.41) is 6.70. The zero-order valence-electron chi connectivity index (χ0n) is 16.4. The smallest absolute Gasteiger partial charge is 0.191 e. The van der Waals surface area contributed by atoms with Crippen LogP contribution in [0.1, 0.15) is 44.6 Å². The molecule has 0 unspecified atom stereocenters. The van der Waals surface area contributed by atoms with Crippen molar-refractivity contribution >= 4 is 29.9 Å². The molecule has 0 aromatic heterocycles. The Morgan fingerprint density at radius 1 is 1.07 bits per heavy atom. The van der Waals surface area contributed by atoms with Crippen molar-refractivity contribution in [2.75, 3.05) is 32.9 Å². The summed E-state index contributed by atoms with van der Waals surface area (Å²) in [5.41, 5.74) is 1.14. The maximum Gasteiger partial charge on any atom is 0.191 e. The number of nitrogens with zero attached hydrogens (tertiary/aromatic N) is 1. The Kier molecular flexibility index (Phi) is 10.3. The van der Waals surface area contributed by atoms with E-state index in [1.54, 1.807) is 0 Å². The first-order valence-electron chi connectivity index (χ1n) is 10.2. The Morgan fingerprint density at radius 2 is 1.81 bits per heavy atom. The predicted molar refractivity (Wildman–Crippen MR) is 121 cm³/mol. The number of nitrogens with one attached hydrogen (secondary N) is 2. The van der Waals surface area contributed by atoms with Gasteiger partial charge in [0.1, 0.15) is 5.75 Å². The Morgan fingerprint density at radius 3 is 2.56 bits per heavy atom. The van der Waals surface area contributed by atoms with Gasteiger partial charge in [0.25, 0.3) is 0 Å². The fourth-order valence-corrected chi connectivity index (χ4v) is 2.69. The minimum Gasteiger partial charge on any atom is -0.493 e. The molecule has 0 heterocycles.